The molecule has 1 unspecified atom stereocenters. The van der Waals surface area contributed by atoms with E-state index in [1.807, 2.05) is 12.1 Å². The van der Waals surface area contributed by atoms with Gasteiger partial charge in [0, 0.05) is 18.3 Å². The zero-order valence-electron chi connectivity index (χ0n) is 10.8. The van der Waals surface area contributed by atoms with Gasteiger partial charge in [-0.05, 0) is 46.2 Å². The topological polar surface area (TPSA) is 36.4 Å². The van der Waals surface area contributed by atoms with E-state index >= 15 is 0 Å². The fourth-order valence-electron chi connectivity index (χ4n) is 1.92. The molecule has 1 aromatic heterocycles. The van der Waals surface area contributed by atoms with Gasteiger partial charge < -0.3 is 10.0 Å². The summed E-state index contributed by atoms with van der Waals surface area (Å²) >= 11 is 0. The van der Waals surface area contributed by atoms with Gasteiger partial charge >= 0.3 is 0 Å². The molecule has 3 nitrogen and oxygen atoms in total. The minimum Gasteiger partial charge on any atom is -0.389 e. The predicted molar refractivity (Wildman–Crippen MR) is 67.6 cm³/mol. The van der Waals surface area contributed by atoms with Crippen LogP contribution in [0.4, 0.5) is 5.82 Å². The summed E-state index contributed by atoms with van der Waals surface area (Å²) in [5, 5.41) is 9.42. The third-order valence-electron chi connectivity index (χ3n) is 2.63. The zero-order chi connectivity index (χ0) is 12.3. The fraction of sp³-hybridized carbons (Fsp3) is 0.615. The number of aliphatic hydroxyl groups is 1. The first-order valence-corrected chi connectivity index (χ1v) is 5.85. The number of aromatic nitrogens is 1. The number of hydrogen-bond acceptors (Lipinski definition) is 3. The second-order valence-electron chi connectivity index (χ2n) is 4.72. The smallest absolute Gasteiger partial charge is 0.128 e. The van der Waals surface area contributed by atoms with Gasteiger partial charge in [-0.3, -0.25) is 0 Å². The minimum atomic E-state index is -0.451. The molecule has 0 aromatic carbocycles. The Kier molecular flexibility index (Phi) is 4.30. The van der Waals surface area contributed by atoms with Crippen LogP contribution in [0, 0.1) is 0 Å². The van der Waals surface area contributed by atoms with E-state index in [9.17, 15) is 5.11 Å². The third kappa shape index (κ3) is 2.95. The summed E-state index contributed by atoms with van der Waals surface area (Å²) in [5.74, 6) is 0.967. The second kappa shape index (κ2) is 5.30. The highest BCUT2D eigenvalue weighted by molar-refractivity contribution is 5.41. The highest BCUT2D eigenvalue weighted by atomic mass is 16.3. The van der Waals surface area contributed by atoms with Crippen molar-refractivity contribution in [1.29, 1.82) is 0 Å². The molecule has 3 heteroatoms. The van der Waals surface area contributed by atoms with E-state index in [1.165, 1.54) is 0 Å². The van der Waals surface area contributed by atoms with Gasteiger partial charge in [0.1, 0.15) is 5.82 Å². The van der Waals surface area contributed by atoms with E-state index in [0.717, 1.165) is 11.4 Å². The van der Waals surface area contributed by atoms with Gasteiger partial charge in [0.15, 0.2) is 0 Å². The van der Waals surface area contributed by atoms with Crippen LogP contribution in [0.15, 0.2) is 18.3 Å². The highest BCUT2D eigenvalue weighted by Crippen LogP contribution is 2.19. The molecular weight excluding hydrogens is 200 g/mol. The minimum absolute atomic E-state index is 0.421. The Bertz CT molecular complexity index is 309. The quantitative estimate of drug-likeness (QED) is 0.851. The van der Waals surface area contributed by atoms with E-state index in [-0.39, 0.29) is 0 Å². The Morgan fingerprint density at radius 3 is 1.94 bits per heavy atom. The monoisotopic (exact) mass is 222 g/mol. The van der Waals surface area contributed by atoms with Gasteiger partial charge in [0.25, 0.3) is 0 Å². The Hall–Kier alpha value is -1.09. The van der Waals surface area contributed by atoms with Gasteiger partial charge in [-0.2, -0.15) is 0 Å². The normalized spacial score (nSPS) is 13.2. The summed E-state index contributed by atoms with van der Waals surface area (Å²) in [6.45, 7) is 10.4. The molecule has 0 bridgehead atoms. The molecule has 0 aliphatic rings. The Morgan fingerprint density at radius 1 is 1.06 bits per heavy atom. The Morgan fingerprint density at radius 2 is 1.62 bits per heavy atom. The first kappa shape index (κ1) is 13.0. The largest absolute Gasteiger partial charge is 0.389 e. The van der Waals surface area contributed by atoms with Crippen LogP contribution in [-0.4, -0.2) is 22.2 Å². The first-order valence-electron chi connectivity index (χ1n) is 5.85. The number of hydrogen-bond donors (Lipinski definition) is 1. The van der Waals surface area contributed by atoms with Crippen LogP contribution in [0.3, 0.4) is 0 Å². The molecule has 0 fully saturated rings. The van der Waals surface area contributed by atoms with Crippen molar-refractivity contribution in [3.63, 3.8) is 0 Å². The van der Waals surface area contributed by atoms with Crippen LogP contribution < -0.4 is 4.90 Å². The lowest BCUT2D eigenvalue weighted by Crippen LogP contribution is -2.37. The summed E-state index contributed by atoms with van der Waals surface area (Å²) in [7, 11) is 0. The standard InChI is InChI=1S/C13H22N2O/c1-9(2)15(10(3)4)13-7-6-12(8-14-13)11(5)16/h6-11,16H,1-5H3. The first-order chi connectivity index (χ1) is 7.43. The van der Waals surface area contributed by atoms with Gasteiger partial charge in [0.05, 0.1) is 6.10 Å². The van der Waals surface area contributed by atoms with Crippen molar-refractivity contribution in [1.82, 2.24) is 4.98 Å². The lowest BCUT2D eigenvalue weighted by molar-refractivity contribution is 0.199. The fourth-order valence-corrected chi connectivity index (χ4v) is 1.92. The van der Waals surface area contributed by atoms with Crippen LogP contribution in [-0.2, 0) is 0 Å². The third-order valence-corrected chi connectivity index (χ3v) is 2.63. The van der Waals surface area contributed by atoms with Crippen molar-refractivity contribution in [2.75, 3.05) is 4.90 Å². The highest BCUT2D eigenvalue weighted by Gasteiger charge is 2.15. The molecule has 1 atom stereocenters. The summed E-state index contributed by atoms with van der Waals surface area (Å²) in [6, 6.07) is 4.75. The molecule has 0 aliphatic carbocycles. The maximum absolute atomic E-state index is 9.42. The van der Waals surface area contributed by atoms with Crippen molar-refractivity contribution in [2.45, 2.75) is 52.8 Å². The molecule has 0 saturated carbocycles. The lowest BCUT2D eigenvalue weighted by Gasteiger charge is -2.32. The number of nitrogens with zero attached hydrogens (tertiary/aromatic N) is 2. The molecule has 0 radical (unpaired) electrons. The van der Waals surface area contributed by atoms with Crippen molar-refractivity contribution in [3.05, 3.63) is 23.9 Å². The van der Waals surface area contributed by atoms with Crippen molar-refractivity contribution in [2.24, 2.45) is 0 Å². The van der Waals surface area contributed by atoms with E-state index in [0.29, 0.717) is 12.1 Å². The van der Waals surface area contributed by atoms with Crippen molar-refractivity contribution in [3.8, 4) is 0 Å². The lowest BCUT2D eigenvalue weighted by atomic mass is 10.1. The van der Waals surface area contributed by atoms with Gasteiger partial charge in [-0.1, -0.05) is 6.07 Å². The van der Waals surface area contributed by atoms with Gasteiger partial charge in [-0.15, -0.1) is 0 Å². The Balaban J connectivity index is 2.94. The second-order valence-corrected chi connectivity index (χ2v) is 4.72. The van der Waals surface area contributed by atoms with Crippen LogP contribution >= 0.6 is 0 Å². The molecule has 0 spiro atoms. The van der Waals surface area contributed by atoms with E-state index in [1.54, 1.807) is 13.1 Å². The Labute approximate surface area is 98.1 Å². The number of anilines is 1. The van der Waals surface area contributed by atoms with Gasteiger partial charge in [0.2, 0.25) is 0 Å². The van der Waals surface area contributed by atoms with Crippen LogP contribution in [0.25, 0.3) is 0 Å². The van der Waals surface area contributed by atoms with Crippen molar-refractivity contribution < 1.29 is 5.11 Å². The summed E-state index contributed by atoms with van der Waals surface area (Å²) < 4.78 is 0. The maximum Gasteiger partial charge on any atom is 0.128 e. The SMILES string of the molecule is CC(O)c1ccc(N(C(C)C)C(C)C)nc1. The number of pyridine rings is 1. The summed E-state index contributed by atoms with van der Waals surface area (Å²) in [5.41, 5.74) is 0.858. The maximum atomic E-state index is 9.42. The molecule has 1 rings (SSSR count). The molecule has 0 amide bonds. The molecule has 0 saturated heterocycles. The molecule has 90 valence electrons. The molecular formula is C13H22N2O. The zero-order valence-corrected chi connectivity index (χ0v) is 10.8. The molecule has 1 N–H and O–H groups in total. The van der Waals surface area contributed by atoms with Crippen LogP contribution in [0.5, 0.6) is 0 Å². The van der Waals surface area contributed by atoms with E-state index in [2.05, 4.69) is 37.6 Å². The van der Waals surface area contributed by atoms with Crippen LogP contribution in [0.2, 0.25) is 0 Å². The molecule has 16 heavy (non-hydrogen) atoms. The number of aliphatic hydroxyl groups excluding tert-OH is 1. The van der Waals surface area contributed by atoms with Gasteiger partial charge in [-0.25, -0.2) is 4.98 Å². The average molecular weight is 222 g/mol. The van der Waals surface area contributed by atoms with E-state index in [4.69, 9.17) is 0 Å². The summed E-state index contributed by atoms with van der Waals surface area (Å²) in [4.78, 5) is 6.66. The van der Waals surface area contributed by atoms with Crippen molar-refractivity contribution >= 4 is 5.82 Å². The van der Waals surface area contributed by atoms with Crippen LogP contribution in [0.1, 0.15) is 46.3 Å². The predicted octanol–water partition coefficient (Wildman–Crippen LogP) is 2.76. The summed E-state index contributed by atoms with van der Waals surface area (Å²) in [6.07, 6.45) is 1.30. The molecule has 1 aromatic rings. The molecule has 0 aliphatic heterocycles. The average Bonchev–Trinajstić information content (AvgIpc) is 2.17. The number of rotatable bonds is 4. The van der Waals surface area contributed by atoms with E-state index < -0.39 is 6.10 Å². The molecule has 1 heterocycles.